The molecule has 0 radical (unpaired) electrons. The van der Waals surface area contributed by atoms with Gasteiger partial charge in [0.25, 0.3) is 0 Å². The van der Waals surface area contributed by atoms with Crippen molar-refractivity contribution in [2.24, 2.45) is 5.73 Å². The van der Waals surface area contributed by atoms with Gasteiger partial charge in [-0.3, -0.25) is 0 Å². The zero-order chi connectivity index (χ0) is 10.7. The van der Waals surface area contributed by atoms with E-state index in [-0.39, 0.29) is 0 Å². The highest BCUT2D eigenvalue weighted by atomic mass is 16.7. The van der Waals surface area contributed by atoms with Gasteiger partial charge in [0.15, 0.2) is 11.5 Å². The highest BCUT2D eigenvalue weighted by Gasteiger charge is 2.19. The van der Waals surface area contributed by atoms with E-state index in [0.29, 0.717) is 19.9 Å². The first-order valence-electron chi connectivity index (χ1n) is 4.96. The lowest BCUT2D eigenvalue weighted by molar-refractivity contribution is 0.172. The molecule has 0 atom stereocenters. The monoisotopic (exact) mass is 209 g/mol. The van der Waals surface area contributed by atoms with Gasteiger partial charge in [-0.15, -0.1) is 0 Å². The molecule has 1 heterocycles. The summed E-state index contributed by atoms with van der Waals surface area (Å²) in [4.78, 5) is 0. The molecule has 0 unspecified atom stereocenters. The van der Waals surface area contributed by atoms with E-state index in [1.165, 1.54) is 0 Å². The van der Waals surface area contributed by atoms with E-state index in [9.17, 15) is 0 Å². The normalized spacial score (nSPS) is 13.2. The molecule has 1 aromatic carbocycles. The summed E-state index contributed by atoms with van der Waals surface area (Å²) in [6.45, 7) is 1.46. The van der Waals surface area contributed by atoms with Gasteiger partial charge >= 0.3 is 0 Å². The average molecular weight is 209 g/mol. The van der Waals surface area contributed by atoms with Gasteiger partial charge in [0.05, 0.1) is 6.61 Å². The molecule has 0 saturated carbocycles. The van der Waals surface area contributed by atoms with Gasteiger partial charge in [0.1, 0.15) is 0 Å². The zero-order valence-corrected chi connectivity index (χ0v) is 8.79. The van der Waals surface area contributed by atoms with Crippen LogP contribution >= 0.6 is 0 Å². The Balaban J connectivity index is 2.38. The number of hydrogen-bond donors (Lipinski definition) is 1. The minimum absolute atomic E-state index is 0.295. The molecule has 15 heavy (non-hydrogen) atoms. The third-order valence-corrected chi connectivity index (χ3v) is 2.43. The summed E-state index contributed by atoms with van der Waals surface area (Å²) in [5.74, 6) is 1.63. The van der Waals surface area contributed by atoms with E-state index in [1.807, 2.05) is 12.1 Å². The van der Waals surface area contributed by atoms with Gasteiger partial charge in [0.2, 0.25) is 6.79 Å². The van der Waals surface area contributed by atoms with E-state index in [1.54, 1.807) is 7.11 Å². The lowest BCUT2D eigenvalue weighted by Crippen LogP contribution is -2.07. The third-order valence-electron chi connectivity index (χ3n) is 2.43. The van der Waals surface area contributed by atoms with Crippen LogP contribution < -0.4 is 15.2 Å². The van der Waals surface area contributed by atoms with Crippen LogP contribution in [0.1, 0.15) is 11.1 Å². The van der Waals surface area contributed by atoms with Crippen LogP contribution in [0.25, 0.3) is 0 Å². The number of benzene rings is 1. The fourth-order valence-corrected chi connectivity index (χ4v) is 1.78. The topological polar surface area (TPSA) is 53.7 Å². The molecule has 0 aliphatic carbocycles. The minimum Gasteiger partial charge on any atom is -0.454 e. The molecule has 1 aliphatic heterocycles. The first kappa shape index (κ1) is 10.3. The Labute approximate surface area is 88.9 Å². The van der Waals surface area contributed by atoms with Gasteiger partial charge in [-0.25, -0.2) is 0 Å². The molecule has 0 saturated heterocycles. The van der Waals surface area contributed by atoms with E-state index in [0.717, 1.165) is 29.0 Å². The smallest absolute Gasteiger partial charge is 0.231 e. The molecule has 0 spiro atoms. The quantitative estimate of drug-likeness (QED) is 0.805. The summed E-state index contributed by atoms with van der Waals surface area (Å²) in [6, 6.07) is 3.92. The largest absolute Gasteiger partial charge is 0.454 e. The van der Waals surface area contributed by atoms with E-state index >= 15 is 0 Å². The Hall–Kier alpha value is -1.26. The molecule has 0 fully saturated rings. The number of hydrogen-bond acceptors (Lipinski definition) is 4. The van der Waals surface area contributed by atoms with Crippen LogP contribution in [0, 0.1) is 0 Å². The number of rotatable bonds is 4. The fourth-order valence-electron chi connectivity index (χ4n) is 1.78. The maximum absolute atomic E-state index is 5.58. The van der Waals surface area contributed by atoms with Crippen molar-refractivity contribution >= 4 is 0 Å². The van der Waals surface area contributed by atoms with Gasteiger partial charge in [0, 0.05) is 12.7 Å². The SMILES string of the molecule is COCc1ccc2c(c1CCN)OCO2. The summed E-state index contributed by atoms with van der Waals surface area (Å²) in [5, 5.41) is 0. The molecule has 0 amide bonds. The predicted molar refractivity (Wildman–Crippen MR) is 56.0 cm³/mol. The van der Waals surface area contributed by atoms with Crippen molar-refractivity contribution in [1.82, 2.24) is 0 Å². The van der Waals surface area contributed by atoms with Crippen molar-refractivity contribution in [2.45, 2.75) is 13.0 Å². The maximum Gasteiger partial charge on any atom is 0.231 e. The van der Waals surface area contributed by atoms with Crippen LogP contribution in [0.4, 0.5) is 0 Å². The molecule has 1 aromatic rings. The van der Waals surface area contributed by atoms with Crippen LogP contribution in [0.2, 0.25) is 0 Å². The Morgan fingerprint density at radius 1 is 1.40 bits per heavy atom. The lowest BCUT2D eigenvalue weighted by atomic mass is 10.0. The summed E-state index contributed by atoms with van der Waals surface area (Å²) < 4.78 is 15.9. The maximum atomic E-state index is 5.58. The van der Waals surface area contributed by atoms with Crippen molar-refractivity contribution in [3.05, 3.63) is 23.3 Å². The van der Waals surface area contributed by atoms with E-state index in [4.69, 9.17) is 19.9 Å². The molecule has 1 aliphatic rings. The molecule has 2 rings (SSSR count). The average Bonchev–Trinajstić information content (AvgIpc) is 2.70. The lowest BCUT2D eigenvalue weighted by Gasteiger charge is -2.10. The van der Waals surface area contributed by atoms with Crippen LogP contribution in [0.5, 0.6) is 11.5 Å². The Bertz CT molecular complexity index is 352. The van der Waals surface area contributed by atoms with Crippen LogP contribution in [-0.4, -0.2) is 20.4 Å². The van der Waals surface area contributed by atoms with E-state index < -0.39 is 0 Å². The molecular formula is C11H15NO3. The standard InChI is InChI=1S/C11H15NO3/c1-13-6-8-2-3-10-11(15-7-14-10)9(8)4-5-12/h2-3H,4-7,12H2,1H3. The second kappa shape index (κ2) is 4.51. The number of nitrogens with two attached hydrogens (primary N) is 1. The van der Waals surface area contributed by atoms with Gasteiger partial charge < -0.3 is 19.9 Å². The fraction of sp³-hybridized carbons (Fsp3) is 0.455. The highest BCUT2D eigenvalue weighted by molar-refractivity contribution is 5.52. The van der Waals surface area contributed by atoms with E-state index in [2.05, 4.69) is 0 Å². The summed E-state index contributed by atoms with van der Waals surface area (Å²) in [6.07, 6.45) is 0.783. The van der Waals surface area contributed by atoms with Crippen LogP contribution in [-0.2, 0) is 17.8 Å². The van der Waals surface area contributed by atoms with Crippen molar-refractivity contribution in [3.63, 3.8) is 0 Å². The van der Waals surface area contributed by atoms with Crippen LogP contribution in [0.3, 0.4) is 0 Å². The molecule has 82 valence electrons. The molecule has 4 nitrogen and oxygen atoms in total. The third kappa shape index (κ3) is 1.91. The number of methoxy groups -OCH3 is 1. The number of fused-ring (bicyclic) bond motifs is 1. The second-order valence-corrected chi connectivity index (χ2v) is 3.41. The van der Waals surface area contributed by atoms with Gasteiger partial charge in [-0.1, -0.05) is 6.07 Å². The first-order chi connectivity index (χ1) is 7.36. The molecule has 0 aromatic heterocycles. The van der Waals surface area contributed by atoms with Crippen LogP contribution in [0.15, 0.2) is 12.1 Å². The van der Waals surface area contributed by atoms with Crippen molar-refractivity contribution < 1.29 is 14.2 Å². The Morgan fingerprint density at radius 2 is 2.27 bits per heavy atom. The second-order valence-electron chi connectivity index (χ2n) is 3.41. The van der Waals surface area contributed by atoms with Gasteiger partial charge in [-0.2, -0.15) is 0 Å². The minimum atomic E-state index is 0.295. The predicted octanol–water partition coefficient (Wildman–Crippen LogP) is 1.06. The first-order valence-corrected chi connectivity index (χ1v) is 4.96. The zero-order valence-electron chi connectivity index (χ0n) is 8.79. The molecule has 0 bridgehead atoms. The highest BCUT2D eigenvalue weighted by Crippen LogP contribution is 2.37. The Morgan fingerprint density at radius 3 is 3.00 bits per heavy atom. The molecule has 4 heteroatoms. The van der Waals surface area contributed by atoms with Gasteiger partial charge in [-0.05, 0) is 24.6 Å². The Kier molecular flexibility index (Phi) is 3.08. The number of ether oxygens (including phenoxy) is 3. The summed E-state index contributed by atoms with van der Waals surface area (Å²) in [5.41, 5.74) is 7.81. The van der Waals surface area contributed by atoms with Crippen molar-refractivity contribution in [1.29, 1.82) is 0 Å². The molecular weight excluding hydrogens is 194 g/mol. The summed E-state index contributed by atoms with van der Waals surface area (Å²) >= 11 is 0. The molecule has 2 N–H and O–H groups in total. The summed E-state index contributed by atoms with van der Waals surface area (Å²) in [7, 11) is 1.68. The van der Waals surface area contributed by atoms with Crippen molar-refractivity contribution in [3.8, 4) is 11.5 Å². The van der Waals surface area contributed by atoms with Crippen molar-refractivity contribution in [2.75, 3.05) is 20.4 Å².